The molecular formula is C14H15NO4. The average molecular weight is 261 g/mol. The Labute approximate surface area is 109 Å². The molecule has 5 heteroatoms. The van der Waals surface area contributed by atoms with Crippen molar-refractivity contribution in [3.05, 3.63) is 34.1 Å². The quantitative estimate of drug-likeness (QED) is 0.879. The maximum atomic E-state index is 12.0. The van der Waals surface area contributed by atoms with Crippen molar-refractivity contribution in [2.24, 2.45) is 0 Å². The molecule has 0 saturated carbocycles. The molecule has 0 unspecified atom stereocenters. The van der Waals surface area contributed by atoms with Crippen LogP contribution >= 0.6 is 0 Å². The van der Waals surface area contributed by atoms with Gasteiger partial charge in [-0.05, 0) is 25.5 Å². The standard InChI is InChI=1S/C14H15NO4/c1-8(16)6-7-10-13(17)9-4-3-5-11(19-2)12(9)15-14(10)18/h3-5H,6-7H2,1-2H3,(H2,15,17,18). The second-order valence-corrected chi connectivity index (χ2v) is 4.37. The Balaban J connectivity index is 2.62. The highest BCUT2D eigenvalue weighted by Crippen LogP contribution is 2.30. The third-order valence-electron chi connectivity index (χ3n) is 3.03. The molecule has 0 aliphatic heterocycles. The highest BCUT2D eigenvalue weighted by Gasteiger charge is 2.14. The summed E-state index contributed by atoms with van der Waals surface area (Å²) < 4.78 is 5.14. The van der Waals surface area contributed by atoms with E-state index in [1.807, 2.05) is 0 Å². The highest BCUT2D eigenvalue weighted by molar-refractivity contribution is 5.90. The smallest absolute Gasteiger partial charge is 0.255 e. The summed E-state index contributed by atoms with van der Waals surface area (Å²) in [5.41, 5.74) is 0.297. The number of benzene rings is 1. The lowest BCUT2D eigenvalue weighted by Crippen LogP contribution is -2.14. The van der Waals surface area contributed by atoms with Crippen LogP contribution in [0.3, 0.4) is 0 Å². The number of Topliss-reactive ketones (excluding diaryl/α,β-unsaturated/α-hetero) is 1. The molecule has 2 aromatic rings. The number of para-hydroxylation sites is 1. The van der Waals surface area contributed by atoms with E-state index in [9.17, 15) is 14.7 Å². The van der Waals surface area contributed by atoms with Crippen LogP contribution in [-0.4, -0.2) is 23.0 Å². The molecule has 0 amide bonds. The first-order valence-corrected chi connectivity index (χ1v) is 5.95. The molecular weight excluding hydrogens is 246 g/mol. The summed E-state index contributed by atoms with van der Waals surface area (Å²) >= 11 is 0. The monoisotopic (exact) mass is 261 g/mol. The molecule has 0 atom stereocenters. The SMILES string of the molecule is COc1cccc2c(O)c(CCC(C)=O)c(=O)[nH]c12. The van der Waals surface area contributed by atoms with E-state index >= 15 is 0 Å². The summed E-state index contributed by atoms with van der Waals surface area (Å²) in [6.45, 7) is 1.45. The molecule has 5 nitrogen and oxygen atoms in total. The molecule has 1 aromatic carbocycles. The Hall–Kier alpha value is -2.30. The zero-order valence-corrected chi connectivity index (χ0v) is 10.8. The molecule has 0 saturated heterocycles. The molecule has 1 aromatic heterocycles. The van der Waals surface area contributed by atoms with Gasteiger partial charge in [-0.25, -0.2) is 0 Å². The first-order valence-electron chi connectivity index (χ1n) is 5.95. The fraction of sp³-hybridized carbons (Fsp3) is 0.286. The van der Waals surface area contributed by atoms with Crippen LogP contribution in [0.5, 0.6) is 11.5 Å². The van der Waals surface area contributed by atoms with Gasteiger partial charge in [-0.3, -0.25) is 4.79 Å². The Morgan fingerprint density at radius 3 is 2.79 bits per heavy atom. The number of rotatable bonds is 4. The lowest BCUT2D eigenvalue weighted by Gasteiger charge is -2.09. The zero-order valence-electron chi connectivity index (χ0n) is 10.8. The number of nitrogens with one attached hydrogen (secondary N) is 1. The molecule has 19 heavy (non-hydrogen) atoms. The van der Waals surface area contributed by atoms with Gasteiger partial charge in [0.25, 0.3) is 5.56 Å². The van der Waals surface area contributed by atoms with E-state index in [0.29, 0.717) is 16.7 Å². The number of H-pyrrole nitrogens is 1. The summed E-state index contributed by atoms with van der Waals surface area (Å²) in [5, 5.41) is 10.7. The minimum atomic E-state index is -0.393. The summed E-state index contributed by atoms with van der Waals surface area (Å²) in [7, 11) is 1.49. The normalized spacial score (nSPS) is 10.6. The molecule has 0 aliphatic carbocycles. The first-order chi connectivity index (χ1) is 9.04. The Morgan fingerprint density at radius 2 is 2.16 bits per heavy atom. The lowest BCUT2D eigenvalue weighted by molar-refractivity contribution is -0.116. The van der Waals surface area contributed by atoms with Gasteiger partial charge in [0.1, 0.15) is 17.3 Å². The number of fused-ring (bicyclic) bond motifs is 1. The van der Waals surface area contributed by atoms with Crippen LogP contribution < -0.4 is 10.3 Å². The van der Waals surface area contributed by atoms with Crippen LogP contribution in [0.4, 0.5) is 0 Å². The average Bonchev–Trinajstić information content (AvgIpc) is 2.37. The van der Waals surface area contributed by atoms with Crippen molar-refractivity contribution in [2.75, 3.05) is 7.11 Å². The number of hydrogen-bond donors (Lipinski definition) is 2. The molecule has 0 radical (unpaired) electrons. The van der Waals surface area contributed by atoms with Gasteiger partial charge in [0, 0.05) is 11.8 Å². The van der Waals surface area contributed by atoms with E-state index < -0.39 is 5.56 Å². The van der Waals surface area contributed by atoms with E-state index in [2.05, 4.69) is 4.98 Å². The van der Waals surface area contributed by atoms with Crippen LogP contribution in [-0.2, 0) is 11.2 Å². The summed E-state index contributed by atoms with van der Waals surface area (Å²) in [6.07, 6.45) is 0.454. The largest absolute Gasteiger partial charge is 0.507 e. The Bertz CT molecular complexity index is 688. The molecule has 100 valence electrons. The lowest BCUT2D eigenvalue weighted by atomic mass is 10.1. The van der Waals surface area contributed by atoms with Crippen LogP contribution in [0, 0.1) is 0 Å². The minimum Gasteiger partial charge on any atom is -0.507 e. The second kappa shape index (κ2) is 5.14. The van der Waals surface area contributed by atoms with Crippen molar-refractivity contribution < 1.29 is 14.6 Å². The molecule has 2 N–H and O–H groups in total. The number of aromatic amines is 1. The van der Waals surface area contributed by atoms with E-state index in [1.165, 1.54) is 14.0 Å². The number of aromatic nitrogens is 1. The van der Waals surface area contributed by atoms with E-state index in [0.717, 1.165) is 0 Å². The topological polar surface area (TPSA) is 79.4 Å². The van der Waals surface area contributed by atoms with Gasteiger partial charge in [0.05, 0.1) is 18.2 Å². The number of aromatic hydroxyl groups is 1. The molecule has 0 bridgehead atoms. The predicted octanol–water partition coefficient (Wildman–Crippen LogP) is 1.76. The predicted molar refractivity (Wildman–Crippen MR) is 71.8 cm³/mol. The number of carbonyl (C=O) groups is 1. The van der Waals surface area contributed by atoms with Crippen LogP contribution in [0.2, 0.25) is 0 Å². The summed E-state index contributed by atoms with van der Waals surface area (Å²) in [6, 6.07) is 5.13. The molecule has 2 rings (SSSR count). The van der Waals surface area contributed by atoms with Crippen LogP contribution in [0.1, 0.15) is 18.9 Å². The minimum absolute atomic E-state index is 0.0236. The van der Waals surface area contributed by atoms with Crippen molar-refractivity contribution in [3.63, 3.8) is 0 Å². The van der Waals surface area contributed by atoms with Gasteiger partial charge in [-0.2, -0.15) is 0 Å². The maximum Gasteiger partial charge on any atom is 0.255 e. The molecule has 0 aliphatic rings. The summed E-state index contributed by atoms with van der Waals surface area (Å²) in [4.78, 5) is 25.6. The number of ether oxygens (including phenoxy) is 1. The molecule has 1 heterocycles. The Kier molecular flexibility index (Phi) is 3.55. The number of carbonyl (C=O) groups excluding carboxylic acids is 1. The van der Waals surface area contributed by atoms with Gasteiger partial charge < -0.3 is 19.6 Å². The fourth-order valence-electron chi connectivity index (χ4n) is 2.02. The van der Waals surface area contributed by atoms with Crippen molar-refractivity contribution in [2.45, 2.75) is 19.8 Å². The first kappa shape index (κ1) is 13.1. The fourth-order valence-corrected chi connectivity index (χ4v) is 2.02. The van der Waals surface area contributed by atoms with Gasteiger partial charge in [0.15, 0.2) is 0 Å². The third-order valence-corrected chi connectivity index (χ3v) is 3.03. The number of hydrogen-bond acceptors (Lipinski definition) is 4. The second-order valence-electron chi connectivity index (χ2n) is 4.37. The van der Waals surface area contributed by atoms with Crippen molar-refractivity contribution in [1.29, 1.82) is 0 Å². The molecule has 0 spiro atoms. The van der Waals surface area contributed by atoms with Crippen LogP contribution in [0.25, 0.3) is 10.9 Å². The number of ketones is 1. The van der Waals surface area contributed by atoms with Crippen molar-refractivity contribution in [3.8, 4) is 11.5 Å². The highest BCUT2D eigenvalue weighted by atomic mass is 16.5. The van der Waals surface area contributed by atoms with Crippen molar-refractivity contribution in [1.82, 2.24) is 4.98 Å². The molecule has 0 fully saturated rings. The van der Waals surface area contributed by atoms with Gasteiger partial charge in [-0.15, -0.1) is 0 Å². The van der Waals surface area contributed by atoms with E-state index in [1.54, 1.807) is 18.2 Å². The van der Waals surface area contributed by atoms with Crippen molar-refractivity contribution >= 4 is 16.7 Å². The van der Waals surface area contributed by atoms with Gasteiger partial charge >= 0.3 is 0 Å². The van der Waals surface area contributed by atoms with E-state index in [4.69, 9.17) is 4.74 Å². The zero-order chi connectivity index (χ0) is 14.0. The maximum absolute atomic E-state index is 12.0. The van der Waals surface area contributed by atoms with Gasteiger partial charge in [-0.1, -0.05) is 6.07 Å². The third kappa shape index (κ3) is 2.45. The number of methoxy groups -OCH3 is 1. The summed E-state index contributed by atoms with van der Waals surface area (Å²) in [5.74, 6) is 0.381. The number of pyridine rings is 1. The Morgan fingerprint density at radius 1 is 1.42 bits per heavy atom. The van der Waals surface area contributed by atoms with Crippen LogP contribution in [0.15, 0.2) is 23.0 Å². The van der Waals surface area contributed by atoms with Gasteiger partial charge in [0.2, 0.25) is 0 Å². The van der Waals surface area contributed by atoms with E-state index in [-0.39, 0.29) is 29.9 Å².